The van der Waals surface area contributed by atoms with Crippen LogP contribution in [-0.2, 0) is 27.1 Å². The van der Waals surface area contributed by atoms with Crippen LogP contribution in [0.3, 0.4) is 0 Å². The van der Waals surface area contributed by atoms with E-state index in [1.807, 2.05) is 16.8 Å². The van der Waals surface area contributed by atoms with Crippen molar-refractivity contribution in [1.29, 1.82) is 0 Å². The summed E-state index contributed by atoms with van der Waals surface area (Å²) in [5, 5.41) is 6.98. The number of rotatable bonds is 7. The molecule has 7 rings (SSSR count). The number of thiophene rings is 1. The number of fused-ring (bicyclic) bond motifs is 2. The van der Waals surface area contributed by atoms with Gasteiger partial charge in [-0.1, -0.05) is 12.1 Å². The Bertz CT molecular complexity index is 1540. The number of hydrogen-bond acceptors (Lipinski definition) is 10. The molecule has 0 amide bonds. The van der Waals surface area contributed by atoms with Crippen LogP contribution in [0.5, 0.6) is 0 Å². The summed E-state index contributed by atoms with van der Waals surface area (Å²) in [6.45, 7) is 7.90. The molecule has 1 N–H and O–H groups in total. The van der Waals surface area contributed by atoms with Gasteiger partial charge in [0.05, 0.1) is 24.1 Å². The number of hydrogen-bond donors (Lipinski definition) is 1. The number of benzene rings is 1. The normalized spacial score (nSPS) is 22.1. The largest absolute Gasteiger partial charge is 0.378 e. The molecule has 6 heterocycles. The van der Waals surface area contributed by atoms with E-state index in [0.29, 0.717) is 19.0 Å². The standard InChI is InChI=1S/C28H35N7O4S2/c36-41(37)19-33-9-7-32(8-10-33)17-20-16-22-27(34-11-14-38-15-12-34)29-26(30-28(22)40-20)21-4-3-5-24-23(21)18-35(31-24)25-6-1-2-13-39-25/h3-5,16,18,25H,1-2,6-15,17,19H2,(H,36,37). The van der Waals surface area contributed by atoms with Crippen molar-refractivity contribution >= 4 is 49.4 Å². The van der Waals surface area contributed by atoms with Crippen LogP contribution in [0.2, 0.25) is 0 Å². The van der Waals surface area contributed by atoms with Crippen LogP contribution in [-0.4, -0.2) is 103 Å². The summed E-state index contributed by atoms with van der Waals surface area (Å²) in [6.07, 6.45) is 5.29. The highest BCUT2D eigenvalue weighted by Crippen LogP contribution is 2.36. The minimum absolute atomic E-state index is 0.0242. The fraction of sp³-hybridized carbons (Fsp3) is 0.536. The van der Waals surface area contributed by atoms with Gasteiger partial charge in [-0.3, -0.25) is 9.80 Å². The van der Waals surface area contributed by atoms with Crippen molar-refractivity contribution < 1.29 is 18.2 Å². The smallest absolute Gasteiger partial charge is 0.167 e. The summed E-state index contributed by atoms with van der Waals surface area (Å²) >= 11 is -0.0575. The highest BCUT2D eigenvalue weighted by atomic mass is 32.2. The van der Waals surface area contributed by atoms with E-state index in [1.54, 1.807) is 11.3 Å². The third-order valence-corrected chi connectivity index (χ3v) is 9.73. The molecule has 4 aromatic rings. The van der Waals surface area contributed by atoms with E-state index >= 15 is 0 Å². The predicted octanol–water partition coefficient (Wildman–Crippen LogP) is 3.54. The third-order valence-electron chi connectivity index (χ3n) is 8.13. The van der Waals surface area contributed by atoms with Gasteiger partial charge in [-0.15, -0.1) is 11.3 Å². The van der Waals surface area contributed by atoms with Gasteiger partial charge in [0.2, 0.25) is 0 Å². The van der Waals surface area contributed by atoms with E-state index in [4.69, 9.17) is 24.5 Å². The van der Waals surface area contributed by atoms with Crippen LogP contribution in [0, 0.1) is 0 Å². The van der Waals surface area contributed by atoms with Crippen molar-refractivity contribution in [3.63, 3.8) is 0 Å². The van der Waals surface area contributed by atoms with Crippen LogP contribution in [0.4, 0.5) is 5.82 Å². The first kappa shape index (κ1) is 27.3. The van der Waals surface area contributed by atoms with Gasteiger partial charge in [0.15, 0.2) is 16.9 Å². The van der Waals surface area contributed by atoms with Gasteiger partial charge < -0.3 is 18.9 Å². The van der Waals surface area contributed by atoms with Crippen LogP contribution < -0.4 is 4.90 Å². The Morgan fingerprint density at radius 3 is 2.61 bits per heavy atom. The maximum absolute atomic E-state index is 11.2. The van der Waals surface area contributed by atoms with Crippen molar-refractivity contribution in [3.05, 3.63) is 35.3 Å². The first-order valence-corrected chi connectivity index (χ1v) is 16.4. The number of ether oxygens (including phenoxy) is 2. The quantitative estimate of drug-likeness (QED) is 0.318. The van der Waals surface area contributed by atoms with Crippen LogP contribution in [0.15, 0.2) is 30.5 Å². The summed E-state index contributed by atoms with van der Waals surface area (Å²) in [4.78, 5) is 19.3. The van der Waals surface area contributed by atoms with Crippen LogP contribution in [0.25, 0.3) is 32.5 Å². The van der Waals surface area contributed by atoms with Crippen LogP contribution in [0.1, 0.15) is 30.4 Å². The lowest BCUT2D eigenvalue weighted by atomic mass is 10.1. The molecule has 3 aliphatic heterocycles. The van der Waals surface area contributed by atoms with Gasteiger partial charge in [0, 0.05) is 74.4 Å². The maximum atomic E-state index is 11.2. The summed E-state index contributed by atoms with van der Waals surface area (Å²) in [7, 11) is 0. The monoisotopic (exact) mass is 597 g/mol. The molecule has 2 unspecified atom stereocenters. The molecular weight excluding hydrogens is 562 g/mol. The zero-order chi connectivity index (χ0) is 27.8. The number of anilines is 1. The van der Waals surface area contributed by atoms with Gasteiger partial charge in [-0.05, 0) is 31.4 Å². The lowest BCUT2D eigenvalue weighted by molar-refractivity contribution is -0.0390. The molecule has 3 aromatic heterocycles. The molecule has 0 bridgehead atoms. The summed E-state index contributed by atoms with van der Waals surface area (Å²) in [6, 6.07) is 8.42. The molecule has 3 saturated heterocycles. The zero-order valence-electron chi connectivity index (χ0n) is 23.0. The summed E-state index contributed by atoms with van der Waals surface area (Å²) < 4.78 is 34.1. The van der Waals surface area contributed by atoms with E-state index in [9.17, 15) is 8.76 Å². The van der Waals surface area contributed by atoms with Crippen LogP contribution >= 0.6 is 11.3 Å². The van der Waals surface area contributed by atoms with Gasteiger partial charge in [0.25, 0.3) is 0 Å². The Hall–Kier alpha value is -2.52. The van der Waals surface area contributed by atoms with E-state index in [-0.39, 0.29) is 12.1 Å². The molecule has 41 heavy (non-hydrogen) atoms. The minimum atomic E-state index is -1.79. The molecule has 3 fully saturated rings. The molecule has 0 aliphatic carbocycles. The van der Waals surface area contributed by atoms with E-state index in [2.05, 4.69) is 33.0 Å². The molecule has 1 aromatic carbocycles. The lowest BCUT2D eigenvalue weighted by Crippen LogP contribution is -2.46. The van der Waals surface area contributed by atoms with E-state index < -0.39 is 11.1 Å². The fourth-order valence-corrected chi connectivity index (χ4v) is 7.60. The maximum Gasteiger partial charge on any atom is 0.167 e. The van der Waals surface area contributed by atoms with Crippen molar-refractivity contribution in [3.8, 4) is 11.4 Å². The topological polar surface area (TPSA) is 109 Å². The molecule has 11 nitrogen and oxygen atoms in total. The molecule has 0 spiro atoms. The van der Waals surface area contributed by atoms with Gasteiger partial charge in [0.1, 0.15) is 22.8 Å². The number of piperazine rings is 1. The molecule has 218 valence electrons. The molecule has 0 radical (unpaired) electrons. The lowest BCUT2D eigenvalue weighted by Gasteiger charge is -2.33. The van der Waals surface area contributed by atoms with Gasteiger partial charge >= 0.3 is 0 Å². The molecule has 3 aliphatic rings. The highest BCUT2D eigenvalue weighted by molar-refractivity contribution is 7.79. The Morgan fingerprint density at radius 2 is 1.83 bits per heavy atom. The average molecular weight is 598 g/mol. The van der Waals surface area contributed by atoms with Gasteiger partial charge in [-0.25, -0.2) is 18.9 Å². The fourth-order valence-electron chi connectivity index (χ4n) is 5.96. The van der Waals surface area contributed by atoms with E-state index in [1.165, 1.54) is 4.88 Å². The first-order chi connectivity index (χ1) is 20.1. The summed E-state index contributed by atoms with van der Waals surface area (Å²) in [5.41, 5.74) is 1.90. The molecule has 0 saturated carbocycles. The Labute approximate surface area is 245 Å². The zero-order valence-corrected chi connectivity index (χ0v) is 24.6. The second-order valence-electron chi connectivity index (χ2n) is 10.9. The Kier molecular flexibility index (Phi) is 7.99. The first-order valence-electron chi connectivity index (χ1n) is 14.4. The molecule has 2 atom stereocenters. The number of nitrogens with zero attached hydrogens (tertiary/aromatic N) is 7. The highest BCUT2D eigenvalue weighted by Gasteiger charge is 2.24. The van der Waals surface area contributed by atoms with Crippen molar-refractivity contribution in [2.45, 2.75) is 32.0 Å². The minimum Gasteiger partial charge on any atom is -0.378 e. The third kappa shape index (κ3) is 5.89. The van der Waals surface area contributed by atoms with Crippen molar-refractivity contribution in [2.24, 2.45) is 0 Å². The van der Waals surface area contributed by atoms with Crippen molar-refractivity contribution in [1.82, 2.24) is 29.5 Å². The SMILES string of the molecule is O=S(O)CN1CCN(Cc2cc3c(N4CCOCC4)nc(-c4cccc5nn(C6CCCCO6)cc45)nc3s2)CC1. The number of aromatic nitrogens is 4. The molecular formula is C28H35N7O4S2. The van der Waals surface area contributed by atoms with E-state index in [0.717, 1.165) is 104 Å². The Balaban J connectivity index is 1.22. The second kappa shape index (κ2) is 12.0. The number of morpholine rings is 1. The average Bonchev–Trinajstić information content (AvgIpc) is 3.62. The van der Waals surface area contributed by atoms with Gasteiger partial charge in [-0.2, -0.15) is 5.10 Å². The second-order valence-corrected chi connectivity index (χ2v) is 12.9. The Morgan fingerprint density at radius 1 is 1.00 bits per heavy atom. The predicted molar refractivity (Wildman–Crippen MR) is 161 cm³/mol. The molecule has 13 heteroatoms. The summed E-state index contributed by atoms with van der Waals surface area (Å²) in [5.74, 6) is 1.90. The van der Waals surface area contributed by atoms with Crippen molar-refractivity contribution in [2.75, 3.05) is 69.9 Å².